The summed E-state index contributed by atoms with van der Waals surface area (Å²) in [5.41, 5.74) is 0.781. The molecule has 140 valence electrons. The van der Waals surface area contributed by atoms with E-state index in [4.69, 9.17) is 42.1 Å². The molecule has 0 aliphatic rings. The van der Waals surface area contributed by atoms with Gasteiger partial charge < -0.3 is 24.3 Å². The molecule has 0 saturated carbocycles. The molecule has 8 heteroatoms. The number of benzene rings is 2. The number of methoxy groups -OCH3 is 3. The molecule has 2 rings (SSSR count). The maximum absolute atomic E-state index is 12.0. The van der Waals surface area contributed by atoms with Crippen LogP contribution in [-0.4, -0.2) is 33.8 Å². The van der Waals surface area contributed by atoms with Gasteiger partial charge in [0.15, 0.2) is 23.9 Å². The molecule has 2 aromatic rings. The van der Waals surface area contributed by atoms with Crippen LogP contribution in [0.25, 0.3) is 0 Å². The number of ether oxygens (including phenoxy) is 4. The number of carbonyl (C=O) groups excluding carboxylic acids is 1. The molecule has 1 amide bonds. The Hall–Kier alpha value is -2.31. The van der Waals surface area contributed by atoms with Gasteiger partial charge in [0.05, 0.1) is 31.4 Å². The summed E-state index contributed by atoms with van der Waals surface area (Å²) in [5, 5.41) is 3.43. The largest absolute Gasteiger partial charge is 0.493 e. The first-order valence-corrected chi connectivity index (χ1v) is 8.38. The number of rotatable bonds is 8. The predicted octanol–water partition coefficient (Wildman–Crippen LogP) is 3.71. The monoisotopic (exact) mass is 399 g/mol. The lowest BCUT2D eigenvalue weighted by atomic mass is 10.1. The van der Waals surface area contributed by atoms with Crippen LogP contribution in [0, 0.1) is 0 Å². The summed E-state index contributed by atoms with van der Waals surface area (Å²) in [6.45, 7) is 0.0447. The summed E-state index contributed by atoms with van der Waals surface area (Å²) >= 11 is 12.0. The van der Waals surface area contributed by atoms with E-state index in [0.29, 0.717) is 27.3 Å². The van der Waals surface area contributed by atoms with Crippen LogP contribution in [0.5, 0.6) is 23.0 Å². The molecule has 0 saturated heterocycles. The van der Waals surface area contributed by atoms with Gasteiger partial charge in [-0.25, -0.2) is 0 Å². The topological polar surface area (TPSA) is 66.0 Å². The number of amides is 1. The van der Waals surface area contributed by atoms with Gasteiger partial charge in [0, 0.05) is 6.54 Å². The van der Waals surface area contributed by atoms with Gasteiger partial charge in [-0.1, -0.05) is 29.3 Å². The molecule has 0 radical (unpaired) electrons. The number of carbonyl (C=O) groups is 1. The summed E-state index contributed by atoms with van der Waals surface area (Å²) in [6.07, 6.45) is 0. The van der Waals surface area contributed by atoms with Crippen molar-refractivity contribution in [1.29, 1.82) is 0 Å². The summed E-state index contributed by atoms with van der Waals surface area (Å²) in [7, 11) is 4.58. The molecule has 0 heterocycles. The molecule has 0 atom stereocenters. The molecule has 0 bridgehead atoms. The lowest BCUT2D eigenvalue weighted by Gasteiger charge is -2.14. The quantitative estimate of drug-likeness (QED) is 0.732. The second-order valence-corrected chi connectivity index (χ2v) is 5.96. The zero-order valence-corrected chi connectivity index (χ0v) is 16.1. The fourth-order valence-electron chi connectivity index (χ4n) is 2.25. The van der Waals surface area contributed by atoms with E-state index in [0.717, 1.165) is 5.56 Å². The zero-order chi connectivity index (χ0) is 19.1. The maximum Gasteiger partial charge on any atom is 0.258 e. The number of halogens is 2. The van der Waals surface area contributed by atoms with Crippen LogP contribution in [0.15, 0.2) is 30.3 Å². The van der Waals surface area contributed by atoms with Crippen molar-refractivity contribution in [1.82, 2.24) is 5.32 Å². The smallest absolute Gasteiger partial charge is 0.258 e. The predicted molar refractivity (Wildman–Crippen MR) is 99.9 cm³/mol. The summed E-state index contributed by atoms with van der Waals surface area (Å²) in [6, 6.07) is 8.48. The minimum Gasteiger partial charge on any atom is -0.493 e. The third-order valence-electron chi connectivity index (χ3n) is 3.48. The van der Waals surface area contributed by atoms with Crippen LogP contribution in [-0.2, 0) is 11.3 Å². The standard InChI is InChI=1S/C18H19Cl2NO5/c1-23-14-7-11(8-15(24-2)18(14)25-3)9-21-16(22)10-26-17-12(19)5-4-6-13(17)20/h4-8H,9-10H2,1-3H3,(H,21,22). The van der Waals surface area contributed by atoms with E-state index >= 15 is 0 Å². The lowest BCUT2D eigenvalue weighted by molar-refractivity contribution is -0.123. The first-order valence-electron chi connectivity index (χ1n) is 7.62. The summed E-state index contributed by atoms with van der Waals surface area (Å²) in [4.78, 5) is 12.0. The molecular formula is C18H19Cl2NO5. The second kappa shape index (κ2) is 9.40. The average molecular weight is 400 g/mol. The second-order valence-electron chi connectivity index (χ2n) is 5.15. The highest BCUT2D eigenvalue weighted by molar-refractivity contribution is 6.37. The fraction of sp³-hybridized carbons (Fsp3) is 0.278. The van der Waals surface area contributed by atoms with Crippen molar-refractivity contribution in [3.8, 4) is 23.0 Å². The van der Waals surface area contributed by atoms with E-state index in [9.17, 15) is 4.79 Å². The van der Waals surface area contributed by atoms with E-state index in [-0.39, 0.29) is 24.8 Å². The van der Waals surface area contributed by atoms with Crippen molar-refractivity contribution in [2.45, 2.75) is 6.54 Å². The molecule has 2 aromatic carbocycles. The molecule has 0 spiro atoms. The Kier molecular flexibility index (Phi) is 7.24. The summed E-state index contributed by atoms with van der Waals surface area (Å²) in [5.74, 6) is 1.46. The number of nitrogens with one attached hydrogen (secondary N) is 1. The highest BCUT2D eigenvalue weighted by Crippen LogP contribution is 2.38. The van der Waals surface area contributed by atoms with Gasteiger partial charge in [-0.15, -0.1) is 0 Å². The lowest BCUT2D eigenvalue weighted by Crippen LogP contribution is -2.28. The van der Waals surface area contributed by atoms with Gasteiger partial charge in [0.2, 0.25) is 5.75 Å². The first-order chi connectivity index (χ1) is 12.5. The van der Waals surface area contributed by atoms with Gasteiger partial charge in [0.25, 0.3) is 5.91 Å². The molecule has 6 nitrogen and oxygen atoms in total. The van der Waals surface area contributed by atoms with Crippen LogP contribution in [0.1, 0.15) is 5.56 Å². The molecule has 1 N–H and O–H groups in total. The van der Waals surface area contributed by atoms with Gasteiger partial charge >= 0.3 is 0 Å². The third-order valence-corrected chi connectivity index (χ3v) is 4.08. The average Bonchev–Trinajstić information content (AvgIpc) is 2.64. The van der Waals surface area contributed by atoms with Crippen molar-refractivity contribution < 1.29 is 23.7 Å². The molecule has 0 aromatic heterocycles. The Morgan fingerprint density at radius 3 is 2.04 bits per heavy atom. The van der Waals surface area contributed by atoms with Gasteiger partial charge in [0.1, 0.15) is 0 Å². The Labute approximate surface area is 161 Å². The number of hydrogen-bond donors (Lipinski definition) is 1. The highest BCUT2D eigenvalue weighted by atomic mass is 35.5. The highest BCUT2D eigenvalue weighted by Gasteiger charge is 2.14. The molecule has 26 heavy (non-hydrogen) atoms. The number of hydrogen-bond acceptors (Lipinski definition) is 5. The van der Waals surface area contributed by atoms with Crippen molar-refractivity contribution >= 4 is 29.1 Å². The normalized spacial score (nSPS) is 10.2. The van der Waals surface area contributed by atoms with Gasteiger partial charge in [-0.3, -0.25) is 4.79 Å². The minimum atomic E-state index is -0.324. The van der Waals surface area contributed by atoms with Crippen molar-refractivity contribution in [3.63, 3.8) is 0 Å². The molecular weight excluding hydrogens is 381 g/mol. The minimum absolute atomic E-state index is 0.214. The molecule has 0 aliphatic heterocycles. The van der Waals surface area contributed by atoms with Crippen LogP contribution >= 0.6 is 23.2 Å². The Balaban J connectivity index is 1.99. The van der Waals surface area contributed by atoms with E-state index in [2.05, 4.69) is 5.32 Å². The van der Waals surface area contributed by atoms with Gasteiger partial charge in [-0.2, -0.15) is 0 Å². The van der Waals surface area contributed by atoms with E-state index < -0.39 is 0 Å². The van der Waals surface area contributed by atoms with Crippen molar-refractivity contribution in [3.05, 3.63) is 45.9 Å². The van der Waals surface area contributed by atoms with Crippen LogP contribution in [0.2, 0.25) is 10.0 Å². The Morgan fingerprint density at radius 2 is 1.54 bits per heavy atom. The van der Waals surface area contributed by atoms with Crippen molar-refractivity contribution in [2.24, 2.45) is 0 Å². The van der Waals surface area contributed by atoms with E-state index in [1.54, 1.807) is 30.3 Å². The molecule has 0 aliphatic carbocycles. The van der Waals surface area contributed by atoms with E-state index in [1.165, 1.54) is 21.3 Å². The maximum atomic E-state index is 12.0. The van der Waals surface area contributed by atoms with E-state index in [1.807, 2.05) is 0 Å². The first kappa shape index (κ1) is 20.0. The van der Waals surface area contributed by atoms with Crippen LogP contribution < -0.4 is 24.3 Å². The van der Waals surface area contributed by atoms with Crippen LogP contribution in [0.3, 0.4) is 0 Å². The Morgan fingerprint density at radius 1 is 0.962 bits per heavy atom. The third kappa shape index (κ3) is 4.86. The van der Waals surface area contributed by atoms with Gasteiger partial charge in [-0.05, 0) is 29.8 Å². The number of para-hydroxylation sites is 1. The van der Waals surface area contributed by atoms with Crippen molar-refractivity contribution in [2.75, 3.05) is 27.9 Å². The summed E-state index contributed by atoms with van der Waals surface area (Å²) < 4.78 is 21.2. The molecule has 0 fully saturated rings. The fourth-order valence-corrected chi connectivity index (χ4v) is 2.75. The SMILES string of the molecule is COc1cc(CNC(=O)COc2c(Cl)cccc2Cl)cc(OC)c1OC. The molecule has 0 unspecified atom stereocenters. The Bertz CT molecular complexity index is 737. The van der Waals surface area contributed by atoms with Crippen LogP contribution in [0.4, 0.5) is 0 Å². The zero-order valence-electron chi connectivity index (χ0n) is 14.6.